The molecule has 1 aromatic rings. The van der Waals surface area contributed by atoms with Crippen LogP contribution in [0.15, 0.2) is 6.07 Å². The summed E-state index contributed by atoms with van der Waals surface area (Å²) in [6.07, 6.45) is 7.15. The lowest BCUT2D eigenvalue weighted by Crippen LogP contribution is -2.34. The van der Waals surface area contributed by atoms with Crippen molar-refractivity contribution < 1.29 is 9.47 Å². The van der Waals surface area contributed by atoms with Crippen LogP contribution in [0.1, 0.15) is 25.7 Å². The zero-order valence-electron chi connectivity index (χ0n) is 11.7. The molecule has 1 saturated carbocycles. The van der Waals surface area contributed by atoms with Gasteiger partial charge in [-0.2, -0.15) is 21.7 Å². The van der Waals surface area contributed by atoms with Crippen molar-refractivity contribution in [3.05, 3.63) is 6.07 Å². The van der Waals surface area contributed by atoms with Crippen molar-refractivity contribution in [1.29, 1.82) is 0 Å². The Morgan fingerprint density at radius 3 is 2.37 bits per heavy atom. The van der Waals surface area contributed by atoms with E-state index in [0.29, 0.717) is 29.0 Å². The summed E-state index contributed by atoms with van der Waals surface area (Å²) in [4.78, 5) is 8.66. The van der Waals surface area contributed by atoms with Gasteiger partial charge < -0.3 is 14.8 Å². The Balaban J connectivity index is 2.12. The lowest BCUT2D eigenvalue weighted by Gasteiger charge is -2.30. The largest absolute Gasteiger partial charge is 0.481 e. The van der Waals surface area contributed by atoms with Crippen LogP contribution in [0.2, 0.25) is 0 Å². The lowest BCUT2D eigenvalue weighted by molar-refractivity contribution is 0.372. The second-order valence-corrected chi connectivity index (χ2v) is 5.66. The molecular weight excluding hydrogens is 262 g/mol. The highest BCUT2D eigenvalue weighted by atomic mass is 32.2. The van der Waals surface area contributed by atoms with Crippen molar-refractivity contribution in [3.8, 4) is 11.8 Å². The van der Waals surface area contributed by atoms with Crippen molar-refractivity contribution >= 4 is 17.7 Å². The van der Waals surface area contributed by atoms with Crippen molar-refractivity contribution in [1.82, 2.24) is 9.97 Å². The first-order valence-corrected chi connectivity index (χ1v) is 7.82. The summed E-state index contributed by atoms with van der Waals surface area (Å²) in [6.45, 7) is 0. The molecule has 0 saturated heterocycles. The summed E-state index contributed by atoms with van der Waals surface area (Å²) in [5, 5.41) is 4.05. The molecule has 0 amide bonds. The van der Waals surface area contributed by atoms with E-state index in [4.69, 9.17) is 9.47 Å². The molecular formula is C13H21N3O2S. The Bertz CT molecular complexity index is 395. The van der Waals surface area contributed by atoms with Crippen LogP contribution in [-0.4, -0.2) is 41.7 Å². The summed E-state index contributed by atoms with van der Waals surface area (Å²) in [5.74, 6) is 1.62. The van der Waals surface area contributed by atoms with Crippen LogP contribution in [0, 0.1) is 0 Å². The molecule has 2 atom stereocenters. The SMILES string of the molecule is COc1cc(OC)nc(NC2CCCCC2SC)n1. The van der Waals surface area contributed by atoms with Crippen LogP contribution in [-0.2, 0) is 0 Å². The van der Waals surface area contributed by atoms with E-state index in [1.165, 1.54) is 19.3 Å². The molecule has 1 aliphatic rings. The molecule has 2 unspecified atom stereocenters. The lowest BCUT2D eigenvalue weighted by atomic mass is 9.95. The van der Waals surface area contributed by atoms with Gasteiger partial charge in [-0.05, 0) is 19.1 Å². The van der Waals surface area contributed by atoms with Gasteiger partial charge >= 0.3 is 0 Å². The van der Waals surface area contributed by atoms with Gasteiger partial charge in [0.05, 0.1) is 20.3 Å². The van der Waals surface area contributed by atoms with E-state index in [9.17, 15) is 0 Å². The fourth-order valence-electron chi connectivity index (χ4n) is 2.39. The number of anilines is 1. The van der Waals surface area contributed by atoms with E-state index in [1.54, 1.807) is 20.3 Å². The molecule has 1 aromatic heterocycles. The smallest absolute Gasteiger partial charge is 0.229 e. The van der Waals surface area contributed by atoms with Gasteiger partial charge in [-0.1, -0.05) is 12.8 Å². The van der Waals surface area contributed by atoms with E-state index in [-0.39, 0.29) is 0 Å². The molecule has 1 N–H and O–H groups in total. The predicted molar refractivity (Wildman–Crippen MR) is 78.3 cm³/mol. The average molecular weight is 283 g/mol. The number of rotatable bonds is 5. The second kappa shape index (κ2) is 6.84. The minimum absolute atomic E-state index is 0.417. The number of nitrogens with one attached hydrogen (secondary N) is 1. The maximum atomic E-state index is 5.16. The Hall–Kier alpha value is -1.17. The summed E-state index contributed by atoms with van der Waals surface area (Å²) in [5.41, 5.74) is 0. The van der Waals surface area contributed by atoms with Gasteiger partial charge in [0.25, 0.3) is 0 Å². The second-order valence-electron chi connectivity index (χ2n) is 4.59. The maximum Gasteiger partial charge on any atom is 0.229 e. The monoisotopic (exact) mass is 283 g/mol. The number of aromatic nitrogens is 2. The summed E-state index contributed by atoms with van der Waals surface area (Å²) < 4.78 is 10.3. The van der Waals surface area contributed by atoms with Crippen LogP contribution in [0.5, 0.6) is 11.8 Å². The van der Waals surface area contributed by atoms with Crippen molar-refractivity contribution in [3.63, 3.8) is 0 Å². The summed E-state index contributed by atoms with van der Waals surface area (Å²) in [7, 11) is 3.19. The van der Waals surface area contributed by atoms with Crippen LogP contribution < -0.4 is 14.8 Å². The van der Waals surface area contributed by atoms with Gasteiger partial charge in [0.1, 0.15) is 0 Å². The fraction of sp³-hybridized carbons (Fsp3) is 0.692. The van der Waals surface area contributed by atoms with Crippen molar-refractivity contribution in [2.24, 2.45) is 0 Å². The Morgan fingerprint density at radius 2 is 1.79 bits per heavy atom. The molecule has 1 heterocycles. The van der Waals surface area contributed by atoms with E-state index in [1.807, 2.05) is 11.8 Å². The van der Waals surface area contributed by atoms with Gasteiger partial charge in [0, 0.05) is 11.3 Å². The third kappa shape index (κ3) is 3.65. The maximum absolute atomic E-state index is 5.16. The van der Waals surface area contributed by atoms with Crippen molar-refractivity contribution in [2.75, 3.05) is 25.8 Å². The highest BCUT2D eigenvalue weighted by Gasteiger charge is 2.25. The minimum Gasteiger partial charge on any atom is -0.481 e. The minimum atomic E-state index is 0.417. The molecule has 0 bridgehead atoms. The van der Waals surface area contributed by atoms with Gasteiger partial charge in [-0.3, -0.25) is 0 Å². The molecule has 0 spiro atoms. The number of hydrogen-bond donors (Lipinski definition) is 1. The molecule has 19 heavy (non-hydrogen) atoms. The Labute approximate surface area is 118 Å². The third-order valence-corrected chi connectivity index (χ3v) is 4.59. The molecule has 0 radical (unpaired) electrons. The highest BCUT2D eigenvalue weighted by Crippen LogP contribution is 2.29. The predicted octanol–water partition coefficient (Wildman–Crippen LogP) is 2.58. The quantitative estimate of drug-likeness (QED) is 0.896. The molecule has 6 heteroatoms. The van der Waals surface area contributed by atoms with Gasteiger partial charge in [-0.15, -0.1) is 0 Å². The topological polar surface area (TPSA) is 56.3 Å². The number of ether oxygens (including phenoxy) is 2. The summed E-state index contributed by atoms with van der Waals surface area (Å²) in [6, 6.07) is 2.10. The average Bonchev–Trinajstić information content (AvgIpc) is 2.47. The standard InChI is InChI=1S/C13H21N3O2S/c1-17-11-8-12(18-2)16-13(15-11)14-9-6-4-5-7-10(9)19-3/h8-10H,4-7H2,1-3H3,(H,14,15,16). The van der Waals surface area contributed by atoms with Crippen LogP contribution in [0.4, 0.5) is 5.95 Å². The molecule has 106 valence electrons. The molecule has 1 aliphatic carbocycles. The number of hydrogen-bond acceptors (Lipinski definition) is 6. The van der Waals surface area contributed by atoms with Crippen LogP contribution in [0.25, 0.3) is 0 Å². The highest BCUT2D eigenvalue weighted by molar-refractivity contribution is 7.99. The van der Waals surface area contributed by atoms with E-state index < -0.39 is 0 Å². The van der Waals surface area contributed by atoms with Crippen molar-refractivity contribution in [2.45, 2.75) is 37.0 Å². The third-order valence-electron chi connectivity index (χ3n) is 3.42. The van der Waals surface area contributed by atoms with Gasteiger partial charge in [0.2, 0.25) is 17.7 Å². The van der Waals surface area contributed by atoms with Gasteiger partial charge in [0.15, 0.2) is 0 Å². The van der Waals surface area contributed by atoms with Crippen LogP contribution >= 0.6 is 11.8 Å². The van der Waals surface area contributed by atoms with E-state index in [0.717, 1.165) is 6.42 Å². The first kappa shape index (κ1) is 14.2. The normalized spacial score (nSPS) is 22.9. The Morgan fingerprint density at radius 1 is 1.16 bits per heavy atom. The van der Waals surface area contributed by atoms with Gasteiger partial charge in [-0.25, -0.2) is 0 Å². The molecule has 1 fully saturated rings. The fourth-order valence-corrected chi connectivity index (χ4v) is 3.32. The molecule has 2 rings (SSSR count). The number of nitrogens with zero attached hydrogens (tertiary/aromatic N) is 2. The molecule has 0 aliphatic heterocycles. The zero-order valence-corrected chi connectivity index (χ0v) is 12.5. The van der Waals surface area contributed by atoms with E-state index >= 15 is 0 Å². The van der Waals surface area contributed by atoms with E-state index in [2.05, 4.69) is 21.5 Å². The summed E-state index contributed by atoms with van der Waals surface area (Å²) >= 11 is 1.91. The number of thioether (sulfide) groups is 1. The molecule has 0 aromatic carbocycles. The van der Waals surface area contributed by atoms with Crippen LogP contribution in [0.3, 0.4) is 0 Å². The molecule has 5 nitrogen and oxygen atoms in total. The Kier molecular flexibility index (Phi) is 5.13. The first-order valence-electron chi connectivity index (χ1n) is 6.53. The zero-order chi connectivity index (χ0) is 13.7. The number of methoxy groups -OCH3 is 2. The first-order chi connectivity index (χ1) is 9.26.